The van der Waals surface area contributed by atoms with Crippen molar-refractivity contribution in [2.24, 2.45) is 0 Å². The molecule has 1 atom stereocenters. The highest BCUT2D eigenvalue weighted by Gasteiger charge is 2.29. The molecular formula is C11H20O. The number of hydrogen-bond donors (Lipinski definition) is 1. The Bertz CT molecular complexity index is 172. The van der Waals surface area contributed by atoms with Crippen LogP contribution in [0, 0.1) is 0 Å². The molecule has 0 heterocycles. The van der Waals surface area contributed by atoms with E-state index in [4.69, 9.17) is 0 Å². The van der Waals surface area contributed by atoms with E-state index in [2.05, 4.69) is 19.9 Å². The van der Waals surface area contributed by atoms with Gasteiger partial charge in [0.05, 0.1) is 5.60 Å². The van der Waals surface area contributed by atoms with Gasteiger partial charge >= 0.3 is 0 Å². The fourth-order valence-electron chi connectivity index (χ4n) is 1.92. The molecule has 0 aliphatic heterocycles. The summed E-state index contributed by atoms with van der Waals surface area (Å²) < 4.78 is 0. The van der Waals surface area contributed by atoms with Crippen molar-refractivity contribution in [3.63, 3.8) is 0 Å². The van der Waals surface area contributed by atoms with Crippen LogP contribution < -0.4 is 0 Å². The minimum absolute atomic E-state index is 0.376. The molecule has 0 aromatic carbocycles. The van der Waals surface area contributed by atoms with Crippen molar-refractivity contribution in [1.29, 1.82) is 0 Å². The third-order valence-electron chi connectivity index (χ3n) is 2.68. The Hall–Kier alpha value is -0.300. The monoisotopic (exact) mass is 168 g/mol. The molecule has 0 radical (unpaired) electrons. The lowest BCUT2D eigenvalue weighted by Crippen LogP contribution is -2.24. The number of aliphatic hydroxyl groups is 1. The molecular weight excluding hydrogens is 148 g/mol. The molecule has 1 N–H and O–H groups in total. The standard InChI is InChI=1S/C11H20O/c1-3-4-5-7-11(12)8-6-10(2)9-11/h6,12H,3-5,7-9H2,1-2H3. The second-order valence-electron chi connectivity index (χ2n) is 4.11. The van der Waals surface area contributed by atoms with Gasteiger partial charge in [-0.15, -0.1) is 0 Å². The third-order valence-corrected chi connectivity index (χ3v) is 2.68. The van der Waals surface area contributed by atoms with Crippen molar-refractivity contribution in [1.82, 2.24) is 0 Å². The van der Waals surface area contributed by atoms with Crippen LogP contribution in [-0.2, 0) is 0 Å². The van der Waals surface area contributed by atoms with E-state index in [0.29, 0.717) is 0 Å². The molecule has 1 unspecified atom stereocenters. The fraction of sp³-hybridized carbons (Fsp3) is 0.818. The van der Waals surface area contributed by atoms with E-state index >= 15 is 0 Å². The molecule has 0 saturated carbocycles. The zero-order chi connectivity index (χ0) is 9.03. The fourth-order valence-corrected chi connectivity index (χ4v) is 1.92. The lowest BCUT2D eigenvalue weighted by molar-refractivity contribution is 0.0407. The van der Waals surface area contributed by atoms with Crippen LogP contribution >= 0.6 is 0 Å². The molecule has 1 heteroatoms. The lowest BCUT2D eigenvalue weighted by Gasteiger charge is -2.22. The quantitative estimate of drug-likeness (QED) is 0.505. The maximum Gasteiger partial charge on any atom is 0.0718 e. The van der Waals surface area contributed by atoms with Gasteiger partial charge in [-0.3, -0.25) is 0 Å². The lowest BCUT2D eigenvalue weighted by atomic mass is 9.93. The van der Waals surface area contributed by atoms with E-state index in [1.807, 2.05) is 0 Å². The van der Waals surface area contributed by atoms with Crippen LogP contribution in [0.25, 0.3) is 0 Å². The van der Waals surface area contributed by atoms with Gasteiger partial charge in [0.2, 0.25) is 0 Å². The van der Waals surface area contributed by atoms with E-state index in [9.17, 15) is 5.11 Å². The summed E-state index contributed by atoms with van der Waals surface area (Å²) in [5, 5.41) is 10.0. The maximum atomic E-state index is 10.0. The Morgan fingerprint density at radius 3 is 2.75 bits per heavy atom. The molecule has 70 valence electrons. The van der Waals surface area contributed by atoms with Crippen LogP contribution in [-0.4, -0.2) is 10.7 Å². The molecule has 1 nitrogen and oxygen atoms in total. The molecule has 0 amide bonds. The summed E-state index contributed by atoms with van der Waals surface area (Å²) in [6, 6.07) is 0. The molecule has 0 fully saturated rings. The Balaban J connectivity index is 2.23. The van der Waals surface area contributed by atoms with E-state index in [-0.39, 0.29) is 5.60 Å². The largest absolute Gasteiger partial charge is 0.389 e. The van der Waals surface area contributed by atoms with Gasteiger partial charge in [-0.05, 0) is 26.2 Å². The first-order chi connectivity index (χ1) is 5.66. The van der Waals surface area contributed by atoms with Crippen LogP contribution in [0.5, 0.6) is 0 Å². The van der Waals surface area contributed by atoms with Gasteiger partial charge in [-0.25, -0.2) is 0 Å². The second-order valence-corrected chi connectivity index (χ2v) is 4.11. The normalized spacial score (nSPS) is 29.1. The average Bonchev–Trinajstić information content (AvgIpc) is 2.32. The van der Waals surface area contributed by atoms with E-state index < -0.39 is 0 Å². The number of hydrogen-bond acceptors (Lipinski definition) is 1. The Labute approximate surface area is 75.5 Å². The highest BCUT2D eigenvalue weighted by molar-refractivity contribution is 5.13. The van der Waals surface area contributed by atoms with Gasteiger partial charge in [0.15, 0.2) is 0 Å². The molecule has 12 heavy (non-hydrogen) atoms. The summed E-state index contributed by atoms with van der Waals surface area (Å²) in [7, 11) is 0. The molecule has 0 aromatic heterocycles. The van der Waals surface area contributed by atoms with Gasteiger partial charge in [-0.2, -0.15) is 0 Å². The SMILES string of the molecule is CCCCCC1(O)CC=C(C)C1. The minimum Gasteiger partial charge on any atom is -0.389 e. The van der Waals surface area contributed by atoms with Crippen LogP contribution in [0.4, 0.5) is 0 Å². The summed E-state index contributed by atoms with van der Waals surface area (Å²) in [4.78, 5) is 0. The van der Waals surface area contributed by atoms with E-state index in [0.717, 1.165) is 19.3 Å². The van der Waals surface area contributed by atoms with Gasteiger partial charge in [0, 0.05) is 0 Å². The predicted molar refractivity (Wildman–Crippen MR) is 52.1 cm³/mol. The Morgan fingerprint density at radius 2 is 2.25 bits per heavy atom. The summed E-state index contributed by atoms with van der Waals surface area (Å²) in [6.45, 7) is 4.31. The molecule has 1 aliphatic rings. The number of unbranched alkanes of at least 4 members (excludes halogenated alkanes) is 2. The first-order valence-corrected chi connectivity index (χ1v) is 5.04. The van der Waals surface area contributed by atoms with E-state index in [1.165, 1.54) is 24.8 Å². The minimum atomic E-state index is -0.376. The topological polar surface area (TPSA) is 20.2 Å². The van der Waals surface area contributed by atoms with Crippen molar-refractivity contribution in [2.75, 3.05) is 0 Å². The molecule has 0 aromatic rings. The highest BCUT2D eigenvalue weighted by atomic mass is 16.3. The maximum absolute atomic E-state index is 10.0. The smallest absolute Gasteiger partial charge is 0.0718 e. The van der Waals surface area contributed by atoms with Crippen LogP contribution in [0.2, 0.25) is 0 Å². The Kier molecular flexibility index (Phi) is 3.33. The van der Waals surface area contributed by atoms with Crippen LogP contribution in [0.1, 0.15) is 52.4 Å². The summed E-state index contributed by atoms with van der Waals surface area (Å²) in [5.41, 5.74) is 0.980. The van der Waals surface area contributed by atoms with Gasteiger partial charge in [-0.1, -0.05) is 37.8 Å². The third kappa shape index (κ3) is 2.63. The van der Waals surface area contributed by atoms with Crippen molar-refractivity contribution >= 4 is 0 Å². The predicted octanol–water partition coefficient (Wildman–Crippen LogP) is 3.04. The summed E-state index contributed by atoms with van der Waals surface area (Å²) >= 11 is 0. The van der Waals surface area contributed by atoms with Crippen molar-refractivity contribution in [2.45, 2.75) is 58.0 Å². The first-order valence-electron chi connectivity index (χ1n) is 5.04. The van der Waals surface area contributed by atoms with Crippen molar-refractivity contribution in [3.8, 4) is 0 Å². The zero-order valence-electron chi connectivity index (χ0n) is 8.27. The number of rotatable bonds is 4. The van der Waals surface area contributed by atoms with Gasteiger partial charge < -0.3 is 5.11 Å². The van der Waals surface area contributed by atoms with E-state index in [1.54, 1.807) is 0 Å². The molecule has 0 bridgehead atoms. The molecule has 0 saturated heterocycles. The first kappa shape index (κ1) is 9.79. The summed E-state index contributed by atoms with van der Waals surface area (Å²) in [5.74, 6) is 0. The van der Waals surface area contributed by atoms with Crippen molar-refractivity contribution in [3.05, 3.63) is 11.6 Å². The average molecular weight is 168 g/mol. The molecule has 1 aliphatic carbocycles. The Morgan fingerprint density at radius 1 is 1.50 bits per heavy atom. The zero-order valence-corrected chi connectivity index (χ0v) is 8.27. The van der Waals surface area contributed by atoms with Crippen LogP contribution in [0.3, 0.4) is 0 Å². The molecule has 0 spiro atoms. The van der Waals surface area contributed by atoms with Gasteiger partial charge in [0.25, 0.3) is 0 Å². The summed E-state index contributed by atoms with van der Waals surface area (Å²) in [6.07, 6.45) is 8.60. The second kappa shape index (κ2) is 4.08. The highest BCUT2D eigenvalue weighted by Crippen LogP contribution is 2.33. The van der Waals surface area contributed by atoms with Crippen molar-refractivity contribution < 1.29 is 5.11 Å². The van der Waals surface area contributed by atoms with Gasteiger partial charge in [0.1, 0.15) is 0 Å². The molecule has 1 rings (SSSR count). The van der Waals surface area contributed by atoms with Crippen LogP contribution in [0.15, 0.2) is 11.6 Å².